The van der Waals surface area contributed by atoms with Crippen LogP contribution in [0.1, 0.15) is 27.2 Å². The molecule has 0 aliphatic rings. The summed E-state index contributed by atoms with van der Waals surface area (Å²) in [6.45, 7) is 6.06. The van der Waals surface area contributed by atoms with Gasteiger partial charge in [-0.25, -0.2) is 0 Å². The van der Waals surface area contributed by atoms with Gasteiger partial charge in [0.25, 0.3) is 0 Å². The molecule has 1 atom stereocenters. The fraction of sp³-hybridized carbons (Fsp3) is 0.600. The van der Waals surface area contributed by atoms with Gasteiger partial charge in [0.1, 0.15) is 0 Å². The Labute approximate surface area is 73.9 Å². The largest absolute Gasteiger partial charge is 0.466 e. The Kier molecular flexibility index (Phi) is 6.12. The maximum atomic E-state index is 11.0. The Morgan fingerprint density at radius 3 is 2.75 bits per heavy atom. The Bertz CT molecular complexity index is 186. The van der Waals surface area contributed by atoms with Crippen LogP contribution in [-0.2, 0) is 9.53 Å². The minimum Gasteiger partial charge on any atom is -0.466 e. The van der Waals surface area contributed by atoms with Crippen LogP contribution in [0.5, 0.6) is 0 Å². The second-order valence-electron chi connectivity index (χ2n) is 2.49. The van der Waals surface area contributed by atoms with Crippen molar-refractivity contribution in [1.82, 2.24) is 0 Å². The fourth-order valence-electron chi connectivity index (χ4n) is 0.672. The zero-order valence-electron chi connectivity index (χ0n) is 7.96. The summed E-state index contributed by atoms with van der Waals surface area (Å²) in [7, 11) is 0. The van der Waals surface area contributed by atoms with E-state index in [4.69, 9.17) is 4.74 Å². The van der Waals surface area contributed by atoms with Crippen LogP contribution in [-0.4, -0.2) is 12.6 Å². The van der Waals surface area contributed by atoms with Gasteiger partial charge in [-0.15, -0.1) is 5.73 Å². The van der Waals surface area contributed by atoms with Crippen LogP contribution in [0.15, 0.2) is 17.9 Å². The zero-order valence-corrected chi connectivity index (χ0v) is 7.96. The van der Waals surface area contributed by atoms with Crippen molar-refractivity contribution in [2.24, 2.45) is 5.92 Å². The van der Waals surface area contributed by atoms with Crippen LogP contribution in [0.25, 0.3) is 0 Å². The van der Waals surface area contributed by atoms with E-state index in [-0.39, 0.29) is 11.9 Å². The summed E-state index contributed by atoms with van der Waals surface area (Å²) in [5, 5.41) is 0. The van der Waals surface area contributed by atoms with E-state index in [0.29, 0.717) is 6.61 Å². The van der Waals surface area contributed by atoms with Crippen molar-refractivity contribution in [3.63, 3.8) is 0 Å². The number of carbonyl (C=O) groups is 1. The number of carbonyl (C=O) groups excluding carboxylic acids is 1. The summed E-state index contributed by atoms with van der Waals surface area (Å²) in [4.78, 5) is 11.0. The van der Waals surface area contributed by atoms with Crippen LogP contribution >= 0.6 is 0 Å². The molecule has 0 aliphatic heterocycles. The third-order valence-electron chi connectivity index (χ3n) is 1.33. The topological polar surface area (TPSA) is 26.3 Å². The van der Waals surface area contributed by atoms with Crippen molar-refractivity contribution in [3.05, 3.63) is 17.9 Å². The lowest BCUT2D eigenvalue weighted by Crippen LogP contribution is -2.11. The summed E-state index contributed by atoms with van der Waals surface area (Å²) in [6, 6.07) is 0. The molecule has 0 aromatic rings. The molecule has 0 rings (SSSR count). The standard InChI is InChI=1S/C10H16O2/c1-4-6-7-8-9(3)10(11)12-5-2/h6,8-9H,4-5H2,1-3H3. The Balaban J connectivity index is 3.94. The van der Waals surface area contributed by atoms with E-state index in [1.807, 2.05) is 13.0 Å². The molecule has 0 heterocycles. The molecule has 68 valence electrons. The van der Waals surface area contributed by atoms with E-state index in [0.717, 1.165) is 6.42 Å². The second-order valence-corrected chi connectivity index (χ2v) is 2.49. The predicted octanol–water partition coefficient (Wildman–Crippen LogP) is 2.31. The minimum absolute atomic E-state index is 0.186. The van der Waals surface area contributed by atoms with Gasteiger partial charge in [-0.2, -0.15) is 0 Å². The van der Waals surface area contributed by atoms with Crippen molar-refractivity contribution in [1.29, 1.82) is 0 Å². The normalized spacial score (nSPS) is 11.2. The molecule has 2 nitrogen and oxygen atoms in total. The highest BCUT2D eigenvalue weighted by Crippen LogP contribution is 1.99. The highest BCUT2D eigenvalue weighted by atomic mass is 16.5. The van der Waals surface area contributed by atoms with Crippen LogP contribution in [0.2, 0.25) is 0 Å². The van der Waals surface area contributed by atoms with Crippen LogP contribution in [0.4, 0.5) is 0 Å². The van der Waals surface area contributed by atoms with Gasteiger partial charge in [0.05, 0.1) is 12.5 Å². The van der Waals surface area contributed by atoms with Gasteiger partial charge >= 0.3 is 5.97 Å². The monoisotopic (exact) mass is 168 g/mol. The van der Waals surface area contributed by atoms with E-state index >= 15 is 0 Å². The molecule has 0 fully saturated rings. The molecule has 12 heavy (non-hydrogen) atoms. The summed E-state index contributed by atoms with van der Waals surface area (Å²) < 4.78 is 4.81. The van der Waals surface area contributed by atoms with E-state index in [2.05, 4.69) is 5.73 Å². The lowest BCUT2D eigenvalue weighted by Gasteiger charge is -2.03. The lowest BCUT2D eigenvalue weighted by molar-refractivity contribution is -0.145. The van der Waals surface area contributed by atoms with Crippen molar-refractivity contribution >= 4 is 5.97 Å². The van der Waals surface area contributed by atoms with Crippen molar-refractivity contribution in [2.75, 3.05) is 6.61 Å². The van der Waals surface area contributed by atoms with Crippen molar-refractivity contribution in [2.45, 2.75) is 27.2 Å². The van der Waals surface area contributed by atoms with Gasteiger partial charge in [-0.1, -0.05) is 6.92 Å². The van der Waals surface area contributed by atoms with Crippen molar-refractivity contribution < 1.29 is 9.53 Å². The minimum atomic E-state index is -0.187. The van der Waals surface area contributed by atoms with Gasteiger partial charge in [-0.05, 0) is 32.4 Å². The first kappa shape index (κ1) is 11.0. The SMILES string of the molecule is CCC=C=CC(C)C(=O)OCC. The molecule has 0 amide bonds. The number of ether oxygens (including phenoxy) is 1. The Hall–Kier alpha value is -1.01. The van der Waals surface area contributed by atoms with Crippen molar-refractivity contribution in [3.8, 4) is 0 Å². The average molecular weight is 168 g/mol. The average Bonchev–Trinajstić information content (AvgIpc) is 2.05. The van der Waals surface area contributed by atoms with Gasteiger partial charge in [0.2, 0.25) is 0 Å². The first-order chi connectivity index (χ1) is 5.72. The van der Waals surface area contributed by atoms with Crippen LogP contribution in [0.3, 0.4) is 0 Å². The molecule has 0 spiro atoms. The van der Waals surface area contributed by atoms with Crippen LogP contribution < -0.4 is 0 Å². The molecular weight excluding hydrogens is 152 g/mol. The Morgan fingerprint density at radius 1 is 1.58 bits per heavy atom. The maximum absolute atomic E-state index is 11.0. The molecule has 0 bridgehead atoms. The lowest BCUT2D eigenvalue weighted by atomic mass is 10.2. The first-order valence-corrected chi connectivity index (χ1v) is 4.30. The zero-order chi connectivity index (χ0) is 9.40. The van der Waals surface area contributed by atoms with E-state index in [9.17, 15) is 4.79 Å². The van der Waals surface area contributed by atoms with E-state index in [1.54, 1.807) is 19.9 Å². The summed E-state index contributed by atoms with van der Waals surface area (Å²) >= 11 is 0. The number of hydrogen-bond donors (Lipinski definition) is 0. The first-order valence-electron chi connectivity index (χ1n) is 4.30. The van der Waals surface area contributed by atoms with Gasteiger partial charge in [-0.3, -0.25) is 4.79 Å². The molecule has 0 aromatic heterocycles. The Morgan fingerprint density at radius 2 is 2.25 bits per heavy atom. The maximum Gasteiger partial charge on any atom is 0.313 e. The highest BCUT2D eigenvalue weighted by Gasteiger charge is 2.08. The van der Waals surface area contributed by atoms with Crippen LogP contribution in [0, 0.1) is 5.92 Å². The molecule has 0 aliphatic carbocycles. The number of hydrogen-bond acceptors (Lipinski definition) is 2. The molecular formula is C10H16O2. The molecule has 0 radical (unpaired) electrons. The molecule has 0 saturated carbocycles. The third kappa shape index (κ3) is 4.75. The predicted molar refractivity (Wildman–Crippen MR) is 48.7 cm³/mol. The van der Waals surface area contributed by atoms with E-state index in [1.165, 1.54) is 0 Å². The van der Waals surface area contributed by atoms with Gasteiger partial charge in [0, 0.05) is 0 Å². The summed E-state index contributed by atoms with van der Waals surface area (Å²) in [5.74, 6) is -0.373. The molecule has 1 unspecified atom stereocenters. The quantitative estimate of drug-likeness (QED) is 0.475. The van der Waals surface area contributed by atoms with Gasteiger partial charge in [0.15, 0.2) is 0 Å². The highest BCUT2D eigenvalue weighted by molar-refractivity contribution is 5.73. The smallest absolute Gasteiger partial charge is 0.313 e. The molecule has 0 N–H and O–H groups in total. The van der Waals surface area contributed by atoms with E-state index < -0.39 is 0 Å². The number of esters is 1. The third-order valence-corrected chi connectivity index (χ3v) is 1.33. The number of rotatable bonds is 4. The molecule has 0 saturated heterocycles. The molecule has 2 heteroatoms. The van der Waals surface area contributed by atoms with Gasteiger partial charge < -0.3 is 4.74 Å². The second kappa shape index (κ2) is 6.68. The summed E-state index contributed by atoms with van der Waals surface area (Å²) in [5.41, 5.74) is 2.92. The summed E-state index contributed by atoms with van der Waals surface area (Å²) in [6.07, 6.45) is 4.54. The fourth-order valence-corrected chi connectivity index (χ4v) is 0.672. The molecule has 0 aromatic carbocycles.